The van der Waals surface area contributed by atoms with Gasteiger partial charge in [0.25, 0.3) is 5.56 Å². The van der Waals surface area contributed by atoms with Gasteiger partial charge in [-0.1, -0.05) is 32.0 Å². The summed E-state index contributed by atoms with van der Waals surface area (Å²) in [5.74, 6) is 0. The van der Waals surface area contributed by atoms with E-state index >= 15 is 0 Å². The second-order valence-electron chi connectivity index (χ2n) is 9.83. The molecule has 10 heteroatoms. The van der Waals surface area contributed by atoms with Crippen LogP contribution in [-0.2, 0) is 19.8 Å². The maximum absolute atomic E-state index is 14.0. The van der Waals surface area contributed by atoms with Crippen LogP contribution in [-0.4, -0.2) is 44.4 Å². The molecular weight excluding hydrogens is 481 g/mol. The van der Waals surface area contributed by atoms with Gasteiger partial charge in [-0.3, -0.25) is 14.4 Å². The van der Waals surface area contributed by atoms with Crippen molar-refractivity contribution in [3.05, 3.63) is 57.5 Å². The number of nitriles is 1. The zero-order valence-electron chi connectivity index (χ0n) is 21.9. The Hall–Kier alpha value is -3.32. The summed E-state index contributed by atoms with van der Waals surface area (Å²) >= 11 is 0. The van der Waals surface area contributed by atoms with Crippen LogP contribution in [0.2, 0.25) is 0 Å². The highest BCUT2D eigenvalue weighted by Gasteiger charge is 2.41. The van der Waals surface area contributed by atoms with E-state index in [1.807, 2.05) is 20.8 Å². The van der Waals surface area contributed by atoms with Crippen molar-refractivity contribution in [2.45, 2.75) is 71.4 Å². The molecule has 37 heavy (non-hydrogen) atoms. The normalized spacial score (nSPS) is 19.8. The number of pyridine rings is 1. The van der Waals surface area contributed by atoms with Gasteiger partial charge in [-0.15, -0.1) is 0 Å². The number of aryl methyl sites for hydroxylation is 2. The van der Waals surface area contributed by atoms with Gasteiger partial charge in [0.05, 0.1) is 29.0 Å². The lowest BCUT2D eigenvalue weighted by molar-refractivity contribution is -0.139. The van der Waals surface area contributed by atoms with Crippen molar-refractivity contribution in [3.63, 3.8) is 0 Å². The lowest BCUT2D eigenvalue weighted by atomic mass is 9.92. The third-order valence-electron chi connectivity index (χ3n) is 7.70. The van der Waals surface area contributed by atoms with Crippen molar-refractivity contribution in [2.24, 2.45) is 7.05 Å². The second-order valence-corrected chi connectivity index (χ2v) is 9.83. The van der Waals surface area contributed by atoms with E-state index in [1.54, 1.807) is 31.4 Å². The lowest BCUT2D eigenvalue weighted by Crippen LogP contribution is -2.59. The van der Waals surface area contributed by atoms with Gasteiger partial charge in [-0.2, -0.15) is 23.5 Å². The Morgan fingerprint density at radius 2 is 1.89 bits per heavy atom. The first-order valence-corrected chi connectivity index (χ1v) is 12.6. The van der Waals surface area contributed by atoms with E-state index in [9.17, 15) is 18.0 Å². The summed E-state index contributed by atoms with van der Waals surface area (Å²) < 4.78 is 45.1. The summed E-state index contributed by atoms with van der Waals surface area (Å²) in [6.07, 6.45) is -1.24. The molecule has 3 aromatic rings. The first-order chi connectivity index (χ1) is 17.5. The molecule has 1 aliphatic heterocycles. The molecule has 3 atom stereocenters. The molecule has 3 heterocycles. The molecule has 1 aliphatic rings. The summed E-state index contributed by atoms with van der Waals surface area (Å²) in [6.45, 7) is 8.63. The third kappa shape index (κ3) is 4.85. The number of benzene rings is 1. The number of rotatable bonds is 6. The quantitative estimate of drug-likeness (QED) is 0.462. The van der Waals surface area contributed by atoms with E-state index in [0.29, 0.717) is 35.4 Å². The maximum atomic E-state index is 14.0. The van der Waals surface area contributed by atoms with Gasteiger partial charge >= 0.3 is 6.18 Å². The van der Waals surface area contributed by atoms with E-state index < -0.39 is 17.8 Å². The maximum Gasteiger partial charge on any atom is 0.416 e. The number of aromatic nitrogens is 3. The highest BCUT2D eigenvalue weighted by atomic mass is 19.4. The molecule has 0 saturated carbocycles. The van der Waals surface area contributed by atoms with Crippen LogP contribution in [0.25, 0.3) is 11.0 Å². The molecule has 0 N–H and O–H groups in total. The number of fused-ring (bicyclic) bond motifs is 1. The van der Waals surface area contributed by atoms with Crippen LogP contribution >= 0.6 is 0 Å². The Morgan fingerprint density at radius 1 is 1.19 bits per heavy atom. The molecule has 7 nitrogen and oxygen atoms in total. The van der Waals surface area contributed by atoms with Crippen molar-refractivity contribution in [1.82, 2.24) is 19.2 Å². The smallest absolute Gasteiger partial charge is 0.364 e. The largest absolute Gasteiger partial charge is 0.416 e. The fourth-order valence-corrected chi connectivity index (χ4v) is 5.67. The predicted octanol–water partition coefficient (Wildman–Crippen LogP) is 5.03. The molecule has 1 unspecified atom stereocenters. The third-order valence-corrected chi connectivity index (χ3v) is 7.70. The highest BCUT2D eigenvalue weighted by molar-refractivity contribution is 5.88. The molecule has 1 aromatic carbocycles. The van der Waals surface area contributed by atoms with E-state index in [-0.39, 0.29) is 29.8 Å². The molecule has 1 fully saturated rings. The number of hydrogen-bond acceptors (Lipinski definition) is 5. The monoisotopic (exact) mass is 514 g/mol. The average Bonchev–Trinajstić information content (AvgIpc) is 3.28. The van der Waals surface area contributed by atoms with Crippen LogP contribution in [0.1, 0.15) is 56.3 Å². The molecule has 0 amide bonds. The number of piperazine rings is 1. The van der Waals surface area contributed by atoms with Gasteiger partial charge in [0.2, 0.25) is 0 Å². The van der Waals surface area contributed by atoms with Crippen LogP contribution < -0.4 is 10.5 Å². The van der Waals surface area contributed by atoms with Gasteiger partial charge in [-0.05, 0) is 37.8 Å². The van der Waals surface area contributed by atoms with E-state index in [1.165, 1.54) is 22.2 Å². The zero-order chi connectivity index (χ0) is 27.1. The SMILES string of the molecule is CC[C@H]1CN(C(C)c2cccc(C)c2C(F)(F)F)[C@H](CC)CN1c1cc(=O)n(C)c2cn(CC#N)nc12. The Balaban J connectivity index is 1.76. The summed E-state index contributed by atoms with van der Waals surface area (Å²) in [6, 6.07) is 7.97. The van der Waals surface area contributed by atoms with Crippen LogP contribution in [0.3, 0.4) is 0 Å². The molecular formula is C27H33F3N6O. The van der Waals surface area contributed by atoms with E-state index in [2.05, 4.69) is 21.0 Å². The summed E-state index contributed by atoms with van der Waals surface area (Å²) in [5, 5.41) is 13.7. The average molecular weight is 515 g/mol. The summed E-state index contributed by atoms with van der Waals surface area (Å²) in [7, 11) is 1.68. The summed E-state index contributed by atoms with van der Waals surface area (Å²) in [5.41, 5.74) is 1.79. The van der Waals surface area contributed by atoms with Gasteiger partial charge in [0.15, 0.2) is 0 Å². The minimum Gasteiger partial charge on any atom is -0.364 e. The van der Waals surface area contributed by atoms with Gasteiger partial charge in [0, 0.05) is 44.3 Å². The van der Waals surface area contributed by atoms with E-state index in [4.69, 9.17) is 5.26 Å². The van der Waals surface area contributed by atoms with Crippen molar-refractivity contribution in [3.8, 4) is 6.07 Å². The first kappa shape index (κ1) is 26.7. The Morgan fingerprint density at radius 3 is 2.51 bits per heavy atom. The van der Waals surface area contributed by atoms with Gasteiger partial charge < -0.3 is 9.47 Å². The molecule has 4 rings (SSSR count). The number of alkyl halides is 3. The standard InChI is InChI=1S/C27H33F3N6O/c1-6-19-15-36(22-13-24(37)33(5)23-16-34(12-11-31)32-26(22)23)20(7-2)14-35(19)18(4)21-10-8-9-17(3)25(21)27(28,29)30/h8-10,13,16,18-20H,6-7,12,14-15H2,1-5H3/t18?,19-,20+/m1/s1. The number of hydrogen-bond donors (Lipinski definition) is 0. The van der Waals surface area contributed by atoms with Crippen molar-refractivity contribution >= 4 is 16.7 Å². The van der Waals surface area contributed by atoms with Crippen molar-refractivity contribution in [2.75, 3.05) is 18.0 Å². The zero-order valence-corrected chi connectivity index (χ0v) is 21.9. The number of nitrogens with zero attached hydrogens (tertiary/aromatic N) is 6. The minimum absolute atomic E-state index is 0.0270. The Bertz CT molecular complexity index is 1390. The lowest BCUT2D eigenvalue weighted by Gasteiger charge is -2.49. The molecule has 0 bridgehead atoms. The Labute approximate surface area is 214 Å². The topological polar surface area (TPSA) is 70.1 Å². The predicted molar refractivity (Wildman–Crippen MR) is 137 cm³/mol. The molecule has 0 radical (unpaired) electrons. The first-order valence-electron chi connectivity index (χ1n) is 12.6. The number of halogens is 3. The fraction of sp³-hybridized carbons (Fsp3) is 0.519. The van der Waals surface area contributed by atoms with Crippen molar-refractivity contribution in [1.29, 1.82) is 5.26 Å². The Kier molecular flexibility index (Phi) is 7.38. The molecule has 1 saturated heterocycles. The second kappa shape index (κ2) is 10.2. The fourth-order valence-electron chi connectivity index (χ4n) is 5.67. The minimum atomic E-state index is -4.43. The highest BCUT2D eigenvalue weighted by Crippen LogP contribution is 2.40. The molecule has 0 spiro atoms. The van der Waals surface area contributed by atoms with Crippen LogP contribution in [0.4, 0.5) is 18.9 Å². The van der Waals surface area contributed by atoms with Crippen LogP contribution in [0, 0.1) is 18.3 Å². The van der Waals surface area contributed by atoms with Crippen LogP contribution in [0.15, 0.2) is 35.3 Å². The molecule has 0 aliphatic carbocycles. The van der Waals surface area contributed by atoms with Gasteiger partial charge in [-0.25, -0.2) is 0 Å². The summed E-state index contributed by atoms with van der Waals surface area (Å²) in [4.78, 5) is 17.2. The molecule has 198 valence electrons. The van der Waals surface area contributed by atoms with Crippen LogP contribution in [0.5, 0.6) is 0 Å². The number of anilines is 1. The van der Waals surface area contributed by atoms with E-state index in [0.717, 1.165) is 12.8 Å². The molecule has 2 aromatic heterocycles. The van der Waals surface area contributed by atoms with Gasteiger partial charge in [0.1, 0.15) is 12.1 Å². The van der Waals surface area contributed by atoms with Crippen molar-refractivity contribution < 1.29 is 13.2 Å².